The van der Waals surface area contributed by atoms with Gasteiger partial charge in [-0.2, -0.15) is 11.8 Å². The molecule has 1 heterocycles. The molecule has 0 fully saturated rings. The maximum absolute atomic E-state index is 12.1. The maximum Gasteiger partial charge on any atom is 0.261 e. The summed E-state index contributed by atoms with van der Waals surface area (Å²) in [6.07, 6.45) is 2.99. The quantitative estimate of drug-likeness (QED) is 0.819. The Bertz CT molecular complexity index is 485. The van der Waals surface area contributed by atoms with E-state index in [2.05, 4.69) is 24.1 Å². The molecule has 1 amide bonds. The number of nitrogens with two attached hydrogens (primary N) is 1. The van der Waals surface area contributed by atoms with Gasteiger partial charge in [0.05, 0.1) is 16.3 Å². The van der Waals surface area contributed by atoms with Crippen LogP contribution in [0.5, 0.6) is 0 Å². The first-order chi connectivity index (χ1) is 9.12. The number of hydrogen-bond acceptors (Lipinski definition) is 4. The second-order valence-electron chi connectivity index (χ2n) is 4.16. The first-order valence-electron chi connectivity index (χ1n) is 6.21. The first kappa shape index (κ1) is 16.1. The van der Waals surface area contributed by atoms with E-state index in [0.29, 0.717) is 6.54 Å². The third-order valence-electron chi connectivity index (χ3n) is 2.64. The molecule has 0 aromatic carbocycles. The molecule has 0 bridgehead atoms. The molecule has 104 valence electrons. The average Bonchev–Trinajstić information content (AvgIpc) is 2.77. The Morgan fingerprint density at radius 1 is 1.63 bits per heavy atom. The Labute approximate surface area is 123 Å². The largest absolute Gasteiger partial charge is 0.348 e. The topological polar surface area (TPSA) is 55.1 Å². The maximum atomic E-state index is 12.1. The van der Waals surface area contributed by atoms with Crippen LogP contribution in [0, 0.1) is 18.8 Å². The van der Waals surface area contributed by atoms with Gasteiger partial charge in [0, 0.05) is 11.8 Å². The van der Waals surface area contributed by atoms with Crippen molar-refractivity contribution in [3.05, 3.63) is 21.4 Å². The molecule has 0 saturated heterocycles. The van der Waals surface area contributed by atoms with E-state index >= 15 is 0 Å². The Morgan fingerprint density at radius 3 is 2.95 bits per heavy atom. The third-order valence-corrected chi connectivity index (χ3v) is 4.53. The van der Waals surface area contributed by atoms with E-state index in [-0.39, 0.29) is 11.9 Å². The summed E-state index contributed by atoms with van der Waals surface area (Å²) in [7, 11) is 0. The molecule has 19 heavy (non-hydrogen) atoms. The molecule has 1 aromatic heterocycles. The Morgan fingerprint density at radius 2 is 2.37 bits per heavy atom. The van der Waals surface area contributed by atoms with Gasteiger partial charge in [-0.25, -0.2) is 0 Å². The standard InChI is InChI=1S/C14H20N2OS2/c1-4-11(9-18-3)16-14(17)13-8-10(2)12(19-13)6-5-7-15/h8,11H,4,7,9,15H2,1-3H3,(H,16,17). The Hall–Kier alpha value is -0.960. The highest BCUT2D eigenvalue weighted by atomic mass is 32.2. The van der Waals surface area contributed by atoms with Gasteiger partial charge in [0.25, 0.3) is 5.91 Å². The number of thiophene rings is 1. The average molecular weight is 296 g/mol. The number of aryl methyl sites for hydroxylation is 1. The Kier molecular flexibility index (Phi) is 7.00. The predicted octanol–water partition coefficient (Wildman–Crippen LogP) is 2.24. The van der Waals surface area contributed by atoms with Crippen LogP contribution in [-0.4, -0.2) is 30.5 Å². The van der Waals surface area contributed by atoms with Crippen LogP contribution in [-0.2, 0) is 0 Å². The molecular formula is C14H20N2OS2. The van der Waals surface area contributed by atoms with E-state index < -0.39 is 0 Å². The normalized spacial score (nSPS) is 11.6. The summed E-state index contributed by atoms with van der Waals surface area (Å²) in [6, 6.07) is 2.12. The van der Waals surface area contributed by atoms with Gasteiger partial charge in [0.15, 0.2) is 0 Å². The van der Waals surface area contributed by atoms with Gasteiger partial charge in [-0.05, 0) is 31.2 Å². The SMILES string of the molecule is CCC(CSC)NC(=O)c1cc(C)c(C#CCN)s1. The van der Waals surface area contributed by atoms with E-state index in [0.717, 1.165) is 27.5 Å². The van der Waals surface area contributed by atoms with E-state index in [1.165, 1.54) is 11.3 Å². The van der Waals surface area contributed by atoms with Gasteiger partial charge in [-0.15, -0.1) is 11.3 Å². The van der Waals surface area contributed by atoms with E-state index in [1.807, 2.05) is 19.2 Å². The summed E-state index contributed by atoms with van der Waals surface area (Å²) in [5.74, 6) is 6.75. The second-order valence-corrected chi connectivity index (χ2v) is 6.13. The van der Waals surface area contributed by atoms with Crippen LogP contribution < -0.4 is 11.1 Å². The number of carbonyl (C=O) groups excluding carboxylic acids is 1. The summed E-state index contributed by atoms with van der Waals surface area (Å²) >= 11 is 3.17. The molecule has 0 aliphatic heterocycles. The monoisotopic (exact) mass is 296 g/mol. The van der Waals surface area contributed by atoms with E-state index in [4.69, 9.17) is 5.73 Å². The van der Waals surface area contributed by atoms with Crippen molar-refractivity contribution in [3.63, 3.8) is 0 Å². The van der Waals surface area contributed by atoms with Crippen LogP contribution >= 0.6 is 23.1 Å². The van der Waals surface area contributed by atoms with Crippen LogP contribution in [0.2, 0.25) is 0 Å². The minimum atomic E-state index is -0.00482. The lowest BCUT2D eigenvalue weighted by molar-refractivity contribution is 0.0944. The van der Waals surface area contributed by atoms with Crippen molar-refractivity contribution < 1.29 is 4.79 Å². The number of nitrogens with one attached hydrogen (secondary N) is 1. The molecule has 1 aromatic rings. The van der Waals surface area contributed by atoms with E-state index in [9.17, 15) is 4.79 Å². The van der Waals surface area contributed by atoms with Crippen LogP contribution in [0.4, 0.5) is 0 Å². The van der Waals surface area contributed by atoms with Crippen LogP contribution in [0.1, 0.15) is 33.5 Å². The van der Waals surface area contributed by atoms with Gasteiger partial charge < -0.3 is 11.1 Å². The fourth-order valence-electron chi connectivity index (χ4n) is 1.57. The third kappa shape index (κ3) is 4.90. The molecule has 1 rings (SSSR count). The summed E-state index contributed by atoms with van der Waals surface area (Å²) in [4.78, 5) is 13.8. The fraction of sp³-hybridized carbons (Fsp3) is 0.500. The highest BCUT2D eigenvalue weighted by molar-refractivity contribution is 7.98. The number of rotatable bonds is 5. The first-order valence-corrected chi connectivity index (χ1v) is 8.42. The lowest BCUT2D eigenvalue weighted by atomic mass is 10.2. The molecule has 0 aliphatic rings. The minimum absolute atomic E-state index is 0.00482. The zero-order valence-corrected chi connectivity index (χ0v) is 13.2. The lowest BCUT2D eigenvalue weighted by Gasteiger charge is -2.14. The lowest BCUT2D eigenvalue weighted by Crippen LogP contribution is -2.35. The molecule has 3 N–H and O–H groups in total. The van der Waals surface area contributed by atoms with Gasteiger partial charge >= 0.3 is 0 Å². The molecule has 0 spiro atoms. The zero-order chi connectivity index (χ0) is 14.3. The summed E-state index contributed by atoms with van der Waals surface area (Å²) in [5, 5.41) is 3.06. The number of hydrogen-bond donors (Lipinski definition) is 2. The van der Waals surface area contributed by atoms with Crippen molar-refractivity contribution in [1.29, 1.82) is 0 Å². The van der Waals surface area contributed by atoms with Crippen LogP contribution in [0.25, 0.3) is 0 Å². The highest BCUT2D eigenvalue weighted by Crippen LogP contribution is 2.21. The van der Waals surface area contributed by atoms with Crippen LogP contribution in [0.15, 0.2) is 6.07 Å². The van der Waals surface area contributed by atoms with Crippen molar-refractivity contribution in [2.75, 3.05) is 18.6 Å². The smallest absolute Gasteiger partial charge is 0.261 e. The van der Waals surface area contributed by atoms with Gasteiger partial charge in [0.2, 0.25) is 0 Å². The summed E-state index contributed by atoms with van der Waals surface area (Å²) < 4.78 is 0. The van der Waals surface area contributed by atoms with Crippen molar-refractivity contribution in [3.8, 4) is 11.8 Å². The molecule has 5 heteroatoms. The van der Waals surface area contributed by atoms with Crippen molar-refractivity contribution >= 4 is 29.0 Å². The van der Waals surface area contributed by atoms with E-state index in [1.54, 1.807) is 11.8 Å². The molecule has 1 unspecified atom stereocenters. The highest BCUT2D eigenvalue weighted by Gasteiger charge is 2.15. The fourth-order valence-corrected chi connectivity index (χ4v) is 3.24. The van der Waals surface area contributed by atoms with Gasteiger partial charge in [-0.3, -0.25) is 4.79 Å². The zero-order valence-electron chi connectivity index (χ0n) is 11.6. The molecule has 0 aliphatic carbocycles. The van der Waals surface area contributed by atoms with Crippen molar-refractivity contribution in [2.45, 2.75) is 26.3 Å². The van der Waals surface area contributed by atoms with Gasteiger partial charge in [0.1, 0.15) is 0 Å². The number of amides is 1. The van der Waals surface area contributed by atoms with Gasteiger partial charge in [-0.1, -0.05) is 18.8 Å². The molecule has 0 radical (unpaired) electrons. The molecule has 1 atom stereocenters. The predicted molar refractivity (Wildman–Crippen MR) is 84.9 cm³/mol. The molecule has 3 nitrogen and oxygen atoms in total. The van der Waals surface area contributed by atoms with Crippen molar-refractivity contribution in [1.82, 2.24) is 5.32 Å². The molecule has 0 saturated carbocycles. The number of thioether (sulfide) groups is 1. The Balaban J connectivity index is 2.77. The number of carbonyl (C=O) groups is 1. The minimum Gasteiger partial charge on any atom is -0.348 e. The second kappa shape index (κ2) is 8.26. The van der Waals surface area contributed by atoms with Crippen molar-refractivity contribution in [2.24, 2.45) is 5.73 Å². The molecular weight excluding hydrogens is 276 g/mol. The summed E-state index contributed by atoms with van der Waals surface area (Å²) in [6.45, 7) is 4.39. The van der Waals surface area contributed by atoms with Crippen LogP contribution in [0.3, 0.4) is 0 Å². The summed E-state index contributed by atoms with van der Waals surface area (Å²) in [5.41, 5.74) is 6.40.